The lowest BCUT2D eigenvalue weighted by molar-refractivity contribution is -0.0175. The van der Waals surface area contributed by atoms with Crippen molar-refractivity contribution in [3.63, 3.8) is 0 Å². The van der Waals surface area contributed by atoms with Gasteiger partial charge in [-0.15, -0.1) is 0 Å². The molecule has 6 nitrogen and oxygen atoms in total. The molecule has 1 aliphatic heterocycles. The summed E-state index contributed by atoms with van der Waals surface area (Å²) >= 11 is 0. The van der Waals surface area contributed by atoms with E-state index in [-0.39, 0.29) is 18.6 Å². The van der Waals surface area contributed by atoms with Gasteiger partial charge in [-0.2, -0.15) is 0 Å². The first-order valence-electron chi connectivity index (χ1n) is 6.83. The minimum atomic E-state index is -0.252. The number of amides is 1. The lowest BCUT2D eigenvalue weighted by atomic mass is 10.1. The summed E-state index contributed by atoms with van der Waals surface area (Å²) in [5.41, 5.74) is 0.959. The fourth-order valence-electron chi connectivity index (χ4n) is 2.12. The minimum absolute atomic E-state index is 0.00140. The summed E-state index contributed by atoms with van der Waals surface area (Å²) in [6, 6.07) is 1.62. The molecule has 1 amide bonds. The third kappa shape index (κ3) is 4.53. The second kappa shape index (κ2) is 7.74. The molecule has 1 saturated heterocycles. The maximum absolute atomic E-state index is 12.2. The van der Waals surface area contributed by atoms with Gasteiger partial charge in [-0.25, -0.2) is 0 Å². The Balaban J connectivity index is 1.97. The molecule has 2 heterocycles. The van der Waals surface area contributed by atoms with Gasteiger partial charge in [0.05, 0.1) is 23.8 Å². The number of ether oxygens (including phenoxy) is 1. The van der Waals surface area contributed by atoms with Crippen molar-refractivity contribution < 1.29 is 14.6 Å². The number of rotatable bonds is 3. The number of nitrogens with zero attached hydrogens (tertiary/aromatic N) is 2. The van der Waals surface area contributed by atoms with Gasteiger partial charge in [-0.3, -0.25) is 9.78 Å². The molecule has 21 heavy (non-hydrogen) atoms. The third-order valence-electron chi connectivity index (χ3n) is 3.20. The predicted octanol–water partition coefficient (Wildman–Crippen LogP) is -0.514. The highest BCUT2D eigenvalue weighted by Crippen LogP contribution is 2.06. The number of nitrogens with one attached hydrogen (secondary N) is 1. The van der Waals surface area contributed by atoms with Crippen LogP contribution in [-0.2, 0) is 4.74 Å². The summed E-state index contributed by atoms with van der Waals surface area (Å²) in [5, 5.41) is 11.6. The van der Waals surface area contributed by atoms with Crippen molar-refractivity contribution >= 4 is 5.91 Å². The first kappa shape index (κ1) is 15.4. The van der Waals surface area contributed by atoms with Gasteiger partial charge in [0.15, 0.2) is 0 Å². The number of aliphatic hydroxyl groups excluding tert-OH is 1. The molecule has 0 saturated carbocycles. The number of aromatic nitrogens is 1. The Morgan fingerprint density at radius 1 is 1.67 bits per heavy atom. The minimum Gasteiger partial charge on any atom is -0.384 e. The van der Waals surface area contributed by atoms with Crippen LogP contribution in [0.15, 0.2) is 18.5 Å². The predicted molar refractivity (Wildman–Crippen MR) is 77.8 cm³/mol. The maximum atomic E-state index is 12.2. The van der Waals surface area contributed by atoms with Crippen molar-refractivity contribution in [3.8, 4) is 11.8 Å². The Morgan fingerprint density at radius 2 is 2.52 bits per heavy atom. The fraction of sp³-hybridized carbons (Fsp3) is 0.467. The average molecular weight is 289 g/mol. The molecule has 112 valence electrons. The average Bonchev–Trinajstić information content (AvgIpc) is 2.51. The number of hydrogen-bond acceptors (Lipinski definition) is 5. The van der Waals surface area contributed by atoms with Gasteiger partial charge in [0, 0.05) is 32.0 Å². The molecule has 0 radical (unpaired) electrons. The molecule has 2 N–H and O–H groups in total. The number of aliphatic hydroxyl groups is 1. The molecule has 6 heteroatoms. The molecule has 0 aliphatic carbocycles. The molecule has 1 aromatic heterocycles. The van der Waals surface area contributed by atoms with E-state index in [1.807, 2.05) is 7.05 Å². The van der Waals surface area contributed by atoms with Crippen molar-refractivity contribution in [2.45, 2.75) is 6.10 Å². The van der Waals surface area contributed by atoms with E-state index in [0.717, 1.165) is 13.1 Å². The molecule has 0 spiro atoms. The lowest BCUT2D eigenvalue weighted by Crippen LogP contribution is -2.46. The third-order valence-corrected chi connectivity index (χ3v) is 3.20. The van der Waals surface area contributed by atoms with E-state index >= 15 is 0 Å². The number of likely N-dealkylation sites (N-methyl/N-ethyl adjacent to an activating group) is 1. The highest BCUT2D eigenvalue weighted by molar-refractivity contribution is 5.96. The van der Waals surface area contributed by atoms with Gasteiger partial charge in [0.1, 0.15) is 6.61 Å². The van der Waals surface area contributed by atoms with Crippen LogP contribution in [0.4, 0.5) is 0 Å². The van der Waals surface area contributed by atoms with Crippen molar-refractivity contribution in [1.82, 2.24) is 15.2 Å². The van der Waals surface area contributed by atoms with E-state index in [9.17, 15) is 4.79 Å². The summed E-state index contributed by atoms with van der Waals surface area (Å²) in [7, 11) is 2.03. The highest BCUT2D eigenvalue weighted by atomic mass is 16.5. The molecular formula is C15H19N3O3. The van der Waals surface area contributed by atoms with Gasteiger partial charge in [0.25, 0.3) is 5.91 Å². The highest BCUT2D eigenvalue weighted by Gasteiger charge is 2.19. The Hall–Kier alpha value is -1.94. The maximum Gasteiger partial charge on any atom is 0.252 e. The van der Waals surface area contributed by atoms with E-state index in [1.54, 1.807) is 12.3 Å². The van der Waals surface area contributed by atoms with E-state index in [1.165, 1.54) is 6.20 Å². The standard InChI is InChI=1S/C15H19N3O3/c1-18-6-8-21-13(11-18)10-17-15(20)14-4-5-16-9-12(14)3-2-7-19/h4-5,9,13,19H,6-8,10-11H2,1H3,(H,17,20). The Labute approximate surface area is 124 Å². The summed E-state index contributed by atoms with van der Waals surface area (Å²) < 4.78 is 5.60. The smallest absolute Gasteiger partial charge is 0.252 e. The van der Waals surface area contributed by atoms with Crippen LogP contribution < -0.4 is 5.32 Å². The van der Waals surface area contributed by atoms with Gasteiger partial charge in [-0.05, 0) is 13.1 Å². The molecule has 1 aliphatic rings. The number of carbonyl (C=O) groups excluding carboxylic acids is 1. The number of hydrogen-bond donors (Lipinski definition) is 2. The fourth-order valence-corrected chi connectivity index (χ4v) is 2.12. The van der Waals surface area contributed by atoms with Crippen LogP contribution >= 0.6 is 0 Å². The number of carbonyl (C=O) groups is 1. The molecule has 1 atom stereocenters. The number of morpholine rings is 1. The quantitative estimate of drug-likeness (QED) is 0.733. The SMILES string of the molecule is CN1CCOC(CNC(=O)c2ccncc2C#CCO)C1. The molecule has 1 fully saturated rings. The molecule has 0 aromatic carbocycles. The molecule has 0 bridgehead atoms. The first-order chi connectivity index (χ1) is 10.2. The van der Waals surface area contributed by atoms with Crippen molar-refractivity contribution in [1.29, 1.82) is 0 Å². The van der Waals surface area contributed by atoms with Crippen LogP contribution in [0.1, 0.15) is 15.9 Å². The van der Waals surface area contributed by atoms with Gasteiger partial charge < -0.3 is 20.1 Å². The van der Waals surface area contributed by atoms with Crippen LogP contribution in [0.25, 0.3) is 0 Å². The number of pyridine rings is 1. The van der Waals surface area contributed by atoms with Crippen molar-refractivity contribution in [2.75, 3.05) is 39.9 Å². The van der Waals surface area contributed by atoms with Crippen LogP contribution in [0.5, 0.6) is 0 Å². The lowest BCUT2D eigenvalue weighted by Gasteiger charge is -2.30. The first-order valence-corrected chi connectivity index (χ1v) is 6.83. The monoisotopic (exact) mass is 289 g/mol. The van der Waals surface area contributed by atoms with Gasteiger partial charge in [-0.1, -0.05) is 11.8 Å². The molecule has 1 aromatic rings. The summed E-state index contributed by atoms with van der Waals surface area (Å²) in [6.07, 6.45) is 3.06. The zero-order chi connectivity index (χ0) is 15.1. The second-order valence-electron chi connectivity index (χ2n) is 4.85. The van der Waals surface area contributed by atoms with Gasteiger partial charge in [0.2, 0.25) is 0 Å². The Morgan fingerprint density at radius 3 is 3.29 bits per heavy atom. The van der Waals surface area contributed by atoms with Crippen LogP contribution in [-0.4, -0.2) is 66.9 Å². The second-order valence-corrected chi connectivity index (χ2v) is 4.85. The molecule has 2 rings (SSSR count). The van der Waals surface area contributed by atoms with Crippen molar-refractivity contribution in [2.24, 2.45) is 0 Å². The summed E-state index contributed by atoms with van der Waals surface area (Å²) in [6.45, 7) is 2.60. The van der Waals surface area contributed by atoms with Crippen LogP contribution in [0.2, 0.25) is 0 Å². The van der Waals surface area contributed by atoms with E-state index in [0.29, 0.717) is 24.3 Å². The van der Waals surface area contributed by atoms with Crippen molar-refractivity contribution in [3.05, 3.63) is 29.6 Å². The zero-order valence-electron chi connectivity index (χ0n) is 12.0. The van der Waals surface area contributed by atoms with Gasteiger partial charge >= 0.3 is 0 Å². The summed E-state index contributed by atoms with van der Waals surface area (Å²) in [4.78, 5) is 18.3. The van der Waals surface area contributed by atoms with E-state index in [4.69, 9.17) is 9.84 Å². The normalized spacial score (nSPS) is 18.7. The largest absolute Gasteiger partial charge is 0.384 e. The molecule has 1 unspecified atom stereocenters. The van der Waals surface area contributed by atoms with Crippen LogP contribution in [0.3, 0.4) is 0 Å². The van der Waals surface area contributed by atoms with Crippen LogP contribution in [0, 0.1) is 11.8 Å². The zero-order valence-corrected chi connectivity index (χ0v) is 12.0. The van der Waals surface area contributed by atoms with E-state index < -0.39 is 0 Å². The summed E-state index contributed by atoms with van der Waals surface area (Å²) in [5.74, 6) is 5.04. The Kier molecular flexibility index (Phi) is 5.69. The Bertz CT molecular complexity index is 551. The topological polar surface area (TPSA) is 74.7 Å². The van der Waals surface area contributed by atoms with E-state index in [2.05, 4.69) is 27.0 Å². The molecular weight excluding hydrogens is 270 g/mol.